The molecule has 0 atom stereocenters. The van der Waals surface area contributed by atoms with Crippen molar-refractivity contribution in [1.29, 1.82) is 0 Å². The summed E-state index contributed by atoms with van der Waals surface area (Å²) >= 11 is 6.19. The minimum Gasteiger partial charge on any atom is -0.242 e. The maximum absolute atomic E-state index is 12.4. The number of thiazole rings is 1. The maximum atomic E-state index is 12.4. The molecule has 0 N–H and O–H groups in total. The Labute approximate surface area is 65.7 Å². The molecule has 0 aliphatic rings. The smallest absolute Gasteiger partial charge is 0.242 e. The molecule has 0 radical (unpaired) electrons. The summed E-state index contributed by atoms with van der Waals surface area (Å²) in [7, 11) is 0. The zero-order chi connectivity index (χ0) is 7.78. The van der Waals surface area contributed by atoms with Crippen LogP contribution in [0.2, 0.25) is 4.34 Å². The monoisotopic (exact) mass is 183 g/mol. The largest absolute Gasteiger partial charge is 0.296 e. The van der Waals surface area contributed by atoms with Crippen molar-refractivity contribution in [2.45, 2.75) is 12.8 Å². The highest BCUT2D eigenvalue weighted by Gasteiger charge is 2.27. The third-order valence-corrected chi connectivity index (χ3v) is 2.14. The predicted octanol–water partition coefficient (Wildman–Crippen LogP) is 2.91. The van der Waals surface area contributed by atoms with Crippen LogP contribution in [0, 0.1) is 0 Å². The van der Waals surface area contributed by atoms with Gasteiger partial charge in [0.2, 0.25) is 0 Å². The second-order valence-corrected chi connectivity index (χ2v) is 3.52. The lowest BCUT2D eigenvalue weighted by Gasteiger charge is -2.03. The fourth-order valence-electron chi connectivity index (χ4n) is 0.457. The molecule has 0 saturated heterocycles. The standard InChI is InChI=1S/C5H4ClF2NS/c1-5(7,8)4-9-2-3(6)10-4/h2H,1H3. The molecular weight excluding hydrogens is 180 g/mol. The Morgan fingerprint density at radius 1 is 1.70 bits per heavy atom. The van der Waals surface area contributed by atoms with E-state index < -0.39 is 5.92 Å². The van der Waals surface area contributed by atoms with Gasteiger partial charge < -0.3 is 0 Å². The van der Waals surface area contributed by atoms with Crippen LogP contribution in [0.3, 0.4) is 0 Å². The SMILES string of the molecule is CC(F)(F)c1ncc(Cl)s1. The van der Waals surface area contributed by atoms with Gasteiger partial charge in [-0.2, -0.15) is 8.78 Å². The van der Waals surface area contributed by atoms with Crippen molar-refractivity contribution < 1.29 is 8.78 Å². The van der Waals surface area contributed by atoms with Crippen molar-refractivity contribution >= 4 is 22.9 Å². The first-order chi connectivity index (χ1) is 4.50. The van der Waals surface area contributed by atoms with Gasteiger partial charge in [0.1, 0.15) is 4.34 Å². The molecule has 0 bridgehead atoms. The fraction of sp³-hybridized carbons (Fsp3) is 0.400. The number of halogens is 3. The Bertz CT molecular complexity index is 230. The first kappa shape index (κ1) is 7.88. The first-order valence-electron chi connectivity index (χ1n) is 2.50. The van der Waals surface area contributed by atoms with Crippen molar-refractivity contribution in [3.8, 4) is 0 Å². The third-order valence-electron chi connectivity index (χ3n) is 0.853. The van der Waals surface area contributed by atoms with E-state index in [1.54, 1.807) is 0 Å². The molecule has 0 aliphatic heterocycles. The summed E-state index contributed by atoms with van der Waals surface area (Å²) in [5.41, 5.74) is 0. The van der Waals surface area contributed by atoms with Gasteiger partial charge in [-0.1, -0.05) is 11.6 Å². The average Bonchev–Trinajstić information content (AvgIpc) is 2.11. The lowest BCUT2D eigenvalue weighted by molar-refractivity contribution is 0.0172. The summed E-state index contributed by atoms with van der Waals surface area (Å²) in [6.45, 7) is 0.794. The average molecular weight is 184 g/mol. The molecule has 0 aliphatic carbocycles. The van der Waals surface area contributed by atoms with Crippen LogP contribution in [-0.4, -0.2) is 4.98 Å². The van der Waals surface area contributed by atoms with Crippen LogP contribution < -0.4 is 0 Å². The van der Waals surface area contributed by atoms with Crippen molar-refractivity contribution in [1.82, 2.24) is 4.98 Å². The van der Waals surface area contributed by atoms with Crippen molar-refractivity contribution in [2.24, 2.45) is 0 Å². The Hall–Kier alpha value is -0.220. The summed E-state index contributed by atoms with van der Waals surface area (Å²) in [5.74, 6) is -2.86. The molecule has 0 amide bonds. The van der Waals surface area contributed by atoms with E-state index >= 15 is 0 Å². The van der Waals surface area contributed by atoms with Crippen LogP contribution >= 0.6 is 22.9 Å². The van der Waals surface area contributed by atoms with E-state index in [-0.39, 0.29) is 9.34 Å². The lowest BCUT2D eigenvalue weighted by Crippen LogP contribution is -2.05. The minimum atomic E-state index is -2.86. The molecule has 5 heteroatoms. The number of rotatable bonds is 1. The molecule has 0 saturated carbocycles. The zero-order valence-electron chi connectivity index (χ0n) is 5.07. The first-order valence-corrected chi connectivity index (χ1v) is 3.69. The van der Waals surface area contributed by atoms with Crippen LogP contribution in [0.4, 0.5) is 8.78 Å². The number of hydrogen-bond acceptors (Lipinski definition) is 2. The Balaban J connectivity index is 2.96. The second kappa shape index (κ2) is 2.43. The quantitative estimate of drug-likeness (QED) is 0.653. The van der Waals surface area contributed by atoms with Crippen LogP contribution in [0.1, 0.15) is 11.9 Å². The van der Waals surface area contributed by atoms with E-state index in [1.807, 2.05) is 0 Å². The van der Waals surface area contributed by atoms with Gasteiger partial charge in [-0.05, 0) is 0 Å². The normalized spacial score (nSPS) is 12.0. The number of nitrogens with zero attached hydrogens (tertiary/aromatic N) is 1. The highest BCUT2D eigenvalue weighted by Crippen LogP contribution is 2.32. The molecule has 10 heavy (non-hydrogen) atoms. The molecule has 1 aromatic rings. The van der Waals surface area contributed by atoms with Crippen LogP contribution in [0.15, 0.2) is 6.20 Å². The van der Waals surface area contributed by atoms with Gasteiger partial charge in [-0.3, -0.25) is 0 Å². The topological polar surface area (TPSA) is 12.9 Å². The third kappa shape index (κ3) is 1.64. The molecule has 56 valence electrons. The Kier molecular flexibility index (Phi) is 1.92. The summed E-state index contributed by atoms with van der Waals surface area (Å²) in [5, 5.41) is -0.238. The highest BCUT2D eigenvalue weighted by atomic mass is 35.5. The Morgan fingerprint density at radius 3 is 2.50 bits per heavy atom. The number of aromatic nitrogens is 1. The van der Waals surface area contributed by atoms with Gasteiger partial charge in [-0.15, -0.1) is 11.3 Å². The van der Waals surface area contributed by atoms with E-state index in [9.17, 15) is 8.78 Å². The molecule has 0 fully saturated rings. The van der Waals surface area contributed by atoms with Crippen LogP contribution in [0.25, 0.3) is 0 Å². The van der Waals surface area contributed by atoms with Gasteiger partial charge in [0.25, 0.3) is 5.92 Å². The molecule has 1 heterocycles. The van der Waals surface area contributed by atoms with Crippen molar-refractivity contribution in [3.05, 3.63) is 15.5 Å². The van der Waals surface area contributed by atoms with E-state index in [2.05, 4.69) is 4.98 Å². The summed E-state index contributed by atoms with van der Waals surface area (Å²) in [6, 6.07) is 0. The molecule has 1 nitrogen and oxygen atoms in total. The molecule has 1 aromatic heterocycles. The fourth-order valence-corrected chi connectivity index (χ4v) is 1.30. The molecule has 0 unspecified atom stereocenters. The highest BCUT2D eigenvalue weighted by molar-refractivity contribution is 7.15. The van der Waals surface area contributed by atoms with Gasteiger partial charge in [0.05, 0.1) is 6.20 Å². The summed E-state index contributed by atoms with van der Waals surface area (Å²) in [6.07, 6.45) is 1.22. The van der Waals surface area contributed by atoms with Gasteiger partial charge in [-0.25, -0.2) is 4.98 Å². The predicted molar refractivity (Wildman–Crippen MR) is 36.7 cm³/mol. The molecule has 1 rings (SSSR count). The van der Waals surface area contributed by atoms with Gasteiger partial charge in [0, 0.05) is 6.92 Å². The maximum Gasteiger partial charge on any atom is 0.296 e. The van der Waals surface area contributed by atoms with Crippen LogP contribution in [0.5, 0.6) is 0 Å². The van der Waals surface area contributed by atoms with Crippen LogP contribution in [-0.2, 0) is 5.92 Å². The van der Waals surface area contributed by atoms with E-state index in [1.165, 1.54) is 6.20 Å². The number of alkyl halides is 2. The zero-order valence-corrected chi connectivity index (χ0v) is 6.64. The summed E-state index contributed by atoms with van der Waals surface area (Å²) < 4.78 is 25.0. The van der Waals surface area contributed by atoms with Crippen molar-refractivity contribution in [2.75, 3.05) is 0 Å². The molecule has 0 spiro atoms. The lowest BCUT2D eigenvalue weighted by atomic mass is 10.4. The Morgan fingerprint density at radius 2 is 2.30 bits per heavy atom. The van der Waals surface area contributed by atoms with Gasteiger partial charge >= 0.3 is 0 Å². The van der Waals surface area contributed by atoms with E-state index in [0.29, 0.717) is 0 Å². The minimum absolute atomic E-state index is 0.238. The van der Waals surface area contributed by atoms with E-state index in [4.69, 9.17) is 11.6 Å². The molecular formula is C5H4ClF2NS. The second-order valence-electron chi connectivity index (χ2n) is 1.86. The summed E-state index contributed by atoms with van der Waals surface area (Å²) in [4.78, 5) is 3.42. The van der Waals surface area contributed by atoms with Gasteiger partial charge in [0.15, 0.2) is 5.01 Å². The molecule has 0 aromatic carbocycles. The number of hydrogen-bond donors (Lipinski definition) is 0. The van der Waals surface area contributed by atoms with Crippen molar-refractivity contribution in [3.63, 3.8) is 0 Å². The van der Waals surface area contributed by atoms with E-state index in [0.717, 1.165) is 18.3 Å².